The lowest BCUT2D eigenvalue weighted by Crippen LogP contribution is -2.27. The van der Waals surface area contributed by atoms with Crippen LogP contribution < -0.4 is 4.74 Å². The summed E-state index contributed by atoms with van der Waals surface area (Å²) < 4.78 is 4.99. The highest BCUT2D eigenvalue weighted by atomic mass is 35.5. The van der Waals surface area contributed by atoms with E-state index in [1.165, 1.54) is 13.2 Å². The SMILES string of the molecule is COc1ccc(/C=C2\SC(=O)N(Cc3ccccc3Cl)C2=O)cc1O. The number of hydrogen-bond acceptors (Lipinski definition) is 5. The van der Waals surface area contributed by atoms with Crippen LogP contribution in [0.25, 0.3) is 6.08 Å². The molecule has 0 atom stereocenters. The van der Waals surface area contributed by atoms with Crippen LogP contribution in [-0.2, 0) is 11.3 Å². The first kappa shape index (κ1) is 17.4. The quantitative estimate of drug-likeness (QED) is 0.807. The third-order valence-corrected chi connectivity index (χ3v) is 4.94. The molecule has 7 heteroatoms. The van der Waals surface area contributed by atoms with Crippen LogP contribution in [0.2, 0.25) is 5.02 Å². The smallest absolute Gasteiger partial charge is 0.293 e. The molecular formula is C18H14ClNO4S. The van der Waals surface area contributed by atoms with Gasteiger partial charge >= 0.3 is 0 Å². The summed E-state index contributed by atoms with van der Waals surface area (Å²) in [4.78, 5) is 26.2. The van der Waals surface area contributed by atoms with E-state index in [0.717, 1.165) is 16.7 Å². The monoisotopic (exact) mass is 375 g/mol. The number of halogens is 1. The second-order valence-electron chi connectivity index (χ2n) is 5.29. The molecule has 1 saturated heterocycles. The zero-order valence-electron chi connectivity index (χ0n) is 13.2. The van der Waals surface area contributed by atoms with Gasteiger partial charge in [0.05, 0.1) is 18.6 Å². The molecule has 3 rings (SSSR count). The molecule has 25 heavy (non-hydrogen) atoms. The fraction of sp³-hybridized carbons (Fsp3) is 0.111. The van der Waals surface area contributed by atoms with Gasteiger partial charge in [-0.3, -0.25) is 14.5 Å². The number of aromatic hydroxyl groups is 1. The molecule has 1 N–H and O–H groups in total. The third kappa shape index (κ3) is 3.65. The van der Waals surface area contributed by atoms with E-state index in [9.17, 15) is 14.7 Å². The van der Waals surface area contributed by atoms with Gasteiger partial charge in [-0.15, -0.1) is 0 Å². The minimum Gasteiger partial charge on any atom is -0.504 e. The summed E-state index contributed by atoms with van der Waals surface area (Å²) >= 11 is 6.96. The predicted octanol–water partition coefficient (Wildman–Crippen LogP) is 4.29. The third-order valence-electron chi connectivity index (χ3n) is 3.66. The van der Waals surface area contributed by atoms with E-state index in [0.29, 0.717) is 26.8 Å². The molecule has 0 radical (unpaired) electrons. The second-order valence-corrected chi connectivity index (χ2v) is 6.69. The van der Waals surface area contributed by atoms with E-state index < -0.39 is 0 Å². The lowest BCUT2D eigenvalue weighted by molar-refractivity contribution is -0.123. The number of thioether (sulfide) groups is 1. The van der Waals surface area contributed by atoms with Gasteiger partial charge in [-0.1, -0.05) is 35.9 Å². The number of carbonyl (C=O) groups excluding carboxylic acids is 2. The maximum atomic E-state index is 12.5. The number of hydrogen-bond donors (Lipinski definition) is 1. The fourth-order valence-corrected chi connectivity index (χ4v) is 3.42. The zero-order valence-corrected chi connectivity index (χ0v) is 14.8. The maximum Gasteiger partial charge on any atom is 0.293 e. The topological polar surface area (TPSA) is 66.8 Å². The first-order valence-corrected chi connectivity index (χ1v) is 8.55. The molecule has 0 saturated carbocycles. The molecule has 0 spiro atoms. The van der Waals surface area contributed by atoms with Gasteiger partial charge in [-0.25, -0.2) is 0 Å². The highest BCUT2D eigenvalue weighted by Gasteiger charge is 2.35. The van der Waals surface area contributed by atoms with Gasteiger partial charge in [-0.05, 0) is 47.2 Å². The number of phenols is 1. The Labute approximate surface area is 153 Å². The van der Waals surface area contributed by atoms with Crippen molar-refractivity contribution < 1.29 is 19.4 Å². The number of methoxy groups -OCH3 is 1. The van der Waals surface area contributed by atoms with Gasteiger partial charge < -0.3 is 9.84 Å². The molecule has 0 unspecified atom stereocenters. The molecule has 2 aromatic rings. The zero-order chi connectivity index (χ0) is 18.0. The van der Waals surface area contributed by atoms with Gasteiger partial charge in [0, 0.05) is 5.02 Å². The van der Waals surface area contributed by atoms with Crippen molar-refractivity contribution in [2.24, 2.45) is 0 Å². The van der Waals surface area contributed by atoms with E-state index in [2.05, 4.69) is 0 Å². The molecule has 1 heterocycles. The van der Waals surface area contributed by atoms with E-state index in [4.69, 9.17) is 16.3 Å². The molecule has 1 aliphatic heterocycles. The Morgan fingerprint density at radius 3 is 2.68 bits per heavy atom. The number of nitrogens with zero attached hydrogens (tertiary/aromatic N) is 1. The van der Waals surface area contributed by atoms with Crippen LogP contribution in [0.1, 0.15) is 11.1 Å². The van der Waals surface area contributed by atoms with Crippen molar-refractivity contribution in [3.8, 4) is 11.5 Å². The number of amides is 2. The summed E-state index contributed by atoms with van der Waals surface area (Å²) in [6.07, 6.45) is 1.57. The highest BCUT2D eigenvalue weighted by molar-refractivity contribution is 8.18. The summed E-state index contributed by atoms with van der Waals surface area (Å²) in [6.45, 7) is 0.121. The molecule has 2 aromatic carbocycles. The Bertz CT molecular complexity index is 881. The van der Waals surface area contributed by atoms with Gasteiger partial charge in [-0.2, -0.15) is 0 Å². The van der Waals surface area contributed by atoms with Crippen molar-refractivity contribution in [2.75, 3.05) is 7.11 Å². The van der Waals surface area contributed by atoms with Crippen molar-refractivity contribution in [2.45, 2.75) is 6.54 Å². The number of ether oxygens (including phenoxy) is 1. The average molecular weight is 376 g/mol. The van der Waals surface area contributed by atoms with Gasteiger partial charge in [0.2, 0.25) is 0 Å². The first-order valence-electron chi connectivity index (χ1n) is 7.35. The van der Waals surface area contributed by atoms with Crippen molar-refractivity contribution >= 4 is 40.6 Å². The van der Waals surface area contributed by atoms with Gasteiger partial charge in [0.25, 0.3) is 11.1 Å². The Hall–Kier alpha value is -2.44. The van der Waals surface area contributed by atoms with Crippen molar-refractivity contribution in [3.63, 3.8) is 0 Å². The van der Waals surface area contributed by atoms with E-state index in [-0.39, 0.29) is 23.4 Å². The number of phenolic OH excluding ortho intramolecular Hbond substituents is 1. The fourth-order valence-electron chi connectivity index (χ4n) is 2.38. The standard InChI is InChI=1S/C18H14ClNO4S/c1-24-15-7-6-11(8-14(15)21)9-16-17(22)20(18(23)25-16)10-12-4-2-3-5-13(12)19/h2-9,21H,10H2,1H3/b16-9-. The maximum absolute atomic E-state index is 12.5. The first-order chi connectivity index (χ1) is 12.0. The molecular weight excluding hydrogens is 362 g/mol. The van der Waals surface area contributed by atoms with E-state index in [1.807, 2.05) is 0 Å². The number of imide groups is 1. The summed E-state index contributed by atoms with van der Waals surface area (Å²) in [5, 5.41) is 9.97. The molecule has 0 bridgehead atoms. The summed E-state index contributed by atoms with van der Waals surface area (Å²) in [5.74, 6) is -0.0826. The Kier molecular flexibility index (Phi) is 5.01. The molecule has 2 amide bonds. The Morgan fingerprint density at radius 1 is 1.24 bits per heavy atom. The Morgan fingerprint density at radius 2 is 2.00 bits per heavy atom. The normalized spacial score (nSPS) is 15.9. The van der Waals surface area contributed by atoms with Crippen LogP contribution in [0.15, 0.2) is 47.4 Å². The molecule has 0 aromatic heterocycles. The van der Waals surface area contributed by atoms with Gasteiger partial charge in [0.15, 0.2) is 11.5 Å². The van der Waals surface area contributed by atoms with E-state index >= 15 is 0 Å². The Balaban J connectivity index is 1.83. The van der Waals surface area contributed by atoms with Crippen LogP contribution in [-0.4, -0.2) is 28.3 Å². The molecule has 1 fully saturated rings. The molecule has 0 aliphatic carbocycles. The lowest BCUT2D eigenvalue weighted by Gasteiger charge is -2.13. The van der Waals surface area contributed by atoms with Crippen LogP contribution >= 0.6 is 23.4 Å². The van der Waals surface area contributed by atoms with E-state index in [1.54, 1.807) is 42.5 Å². The highest BCUT2D eigenvalue weighted by Crippen LogP contribution is 2.35. The van der Waals surface area contributed by atoms with Crippen LogP contribution in [0, 0.1) is 0 Å². The van der Waals surface area contributed by atoms with Crippen LogP contribution in [0.4, 0.5) is 4.79 Å². The minimum atomic E-state index is -0.384. The van der Waals surface area contributed by atoms with Crippen molar-refractivity contribution in [3.05, 3.63) is 63.5 Å². The number of carbonyl (C=O) groups is 2. The lowest BCUT2D eigenvalue weighted by atomic mass is 10.1. The summed E-state index contributed by atoms with van der Waals surface area (Å²) in [6, 6.07) is 11.8. The predicted molar refractivity (Wildman–Crippen MR) is 97.6 cm³/mol. The van der Waals surface area contributed by atoms with Crippen LogP contribution in [0.3, 0.4) is 0 Å². The summed E-state index contributed by atoms with van der Waals surface area (Å²) in [7, 11) is 1.45. The molecule has 1 aliphatic rings. The minimum absolute atomic E-state index is 0.0356. The van der Waals surface area contributed by atoms with Crippen molar-refractivity contribution in [1.82, 2.24) is 4.90 Å². The largest absolute Gasteiger partial charge is 0.504 e. The van der Waals surface area contributed by atoms with Crippen LogP contribution in [0.5, 0.6) is 11.5 Å². The molecule has 128 valence electrons. The molecule has 5 nitrogen and oxygen atoms in total. The second kappa shape index (κ2) is 7.21. The van der Waals surface area contributed by atoms with Crippen molar-refractivity contribution in [1.29, 1.82) is 0 Å². The average Bonchev–Trinajstić information content (AvgIpc) is 2.84. The van der Waals surface area contributed by atoms with Gasteiger partial charge in [0.1, 0.15) is 0 Å². The number of benzene rings is 2. The number of rotatable bonds is 4. The summed E-state index contributed by atoms with van der Waals surface area (Å²) in [5.41, 5.74) is 1.30.